The first-order valence-corrected chi connectivity index (χ1v) is 6.17. The molecule has 0 saturated carbocycles. The molecule has 1 unspecified atom stereocenters. The number of carboxylic acid groups (broad SMARTS) is 1. The van der Waals surface area contributed by atoms with Crippen LogP contribution in [0.4, 0.5) is 5.95 Å². The van der Waals surface area contributed by atoms with Crippen molar-refractivity contribution in [1.29, 1.82) is 0 Å². The van der Waals surface area contributed by atoms with Gasteiger partial charge in [0.25, 0.3) is 0 Å². The van der Waals surface area contributed by atoms with Gasteiger partial charge in [0.2, 0.25) is 5.95 Å². The number of hydrogen-bond donors (Lipinski definition) is 2. The molecule has 6 nitrogen and oxygen atoms in total. The first kappa shape index (κ1) is 11.7. The van der Waals surface area contributed by atoms with Crippen molar-refractivity contribution in [2.75, 3.05) is 18.0 Å². The number of nitrogens with one attached hydrogen (secondary N) is 1. The summed E-state index contributed by atoms with van der Waals surface area (Å²) >= 11 is 0. The van der Waals surface area contributed by atoms with Gasteiger partial charge in [0.1, 0.15) is 0 Å². The lowest BCUT2D eigenvalue weighted by atomic mass is 10.1. The predicted molar refractivity (Wildman–Crippen MR) is 69.8 cm³/mol. The Hall–Kier alpha value is -2.37. The van der Waals surface area contributed by atoms with Crippen LogP contribution >= 0.6 is 0 Å². The van der Waals surface area contributed by atoms with Gasteiger partial charge in [-0.15, -0.1) is 0 Å². The number of aromatic amines is 1. The lowest BCUT2D eigenvalue weighted by Crippen LogP contribution is -2.24. The maximum atomic E-state index is 10.9. The summed E-state index contributed by atoms with van der Waals surface area (Å²) in [6.45, 7) is 1.18. The summed E-state index contributed by atoms with van der Waals surface area (Å²) in [6.07, 6.45) is 6.00. The molecule has 0 bridgehead atoms. The average Bonchev–Trinajstić information content (AvgIpc) is 3.11. The fraction of sp³-hybridized carbons (Fsp3) is 0.308. The van der Waals surface area contributed by atoms with E-state index in [-0.39, 0.29) is 5.92 Å². The van der Waals surface area contributed by atoms with Crippen LogP contribution in [0.5, 0.6) is 0 Å². The Balaban J connectivity index is 1.75. The summed E-state index contributed by atoms with van der Waals surface area (Å²) < 4.78 is 0. The zero-order chi connectivity index (χ0) is 13.2. The largest absolute Gasteiger partial charge is 0.481 e. The summed E-state index contributed by atoms with van der Waals surface area (Å²) in [5.41, 5.74) is 1.89. The third-order valence-electron chi connectivity index (χ3n) is 3.37. The van der Waals surface area contributed by atoms with Crippen LogP contribution in [0.1, 0.15) is 6.42 Å². The molecule has 1 aliphatic heterocycles. The van der Waals surface area contributed by atoms with Gasteiger partial charge < -0.3 is 15.0 Å². The van der Waals surface area contributed by atoms with Gasteiger partial charge in [-0.05, 0) is 18.6 Å². The van der Waals surface area contributed by atoms with Crippen LogP contribution in [0.2, 0.25) is 0 Å². The molecule has 0 radical (unpaired) electrons. The van der Waals surface area contributed by atoms with E-state index in [0.717, 1.165) is 11.3 Å². The van der Waals surface area contributed by atoms with E-state index in [1.54, 1.807) is 12.4 Å². The van der Waals surface area contributed by atoms with E-state index in [4.69, 9.17) is 5.11 Å². The van der Waals surface area contributed by atoms with E-state index < -0.39 is 5.97 Å². The highest BCUT2D eigenvalue weighted by Crippen LogP contribution is 2.22. The summed E-state index contributed by atoms with van der Waals surface area (Å²) in [6, 6.07) is 3.87. The second kappa shape index (κ2) is 4.72. The molecule has 3 rings (SSSR count). The van der Waals surface area contributed by atoms with Crippen molar-refractivity contribution in [1.82, 2.24) is 15.0 Å². The number of carbonyl (C=O) groups is 1. The molecular formula is C13H14N4O2. The summed E-state index contributed by atoms with van der Waals surface area (Å²) in [5, 5.41) is 8.98. The Labute approximate surface area is 110 Å². The molecule has 2 aromatic rings. The third kappa shape index (κ3) is 2.29. The van der Waals surface area contributed by atoms with Gasteiger partial charge >= 0.3 is 5.97 Å². The zero-order valence-electron chi connectivity index (χ0n) is 10.3. The van der Waals surface area contributed by atoms with Crippen molar-refractivity contribution in [2.24, 2.45) is 5.92 Å². The Kier molecular flexibility index (Phi) is 2.91. The lowest BCUT2D eigenvalue weighted by Gasteiger charge is -2.15. The molecule has 1 saturated heterocycles. The summed E-state index contributed by atoms with van der Waals surface area (Å²) in [7, 11) is 0. The second-order valence-electron chi connectivity index (χ2n) is 4.63. The molecule has 0 amide bonds. The van der Waals surface area contributed by atoms with Crippen LogP contribution in [-0.2, 0) is 4.79 Å². The first-order valence-electron chi connectivity index (χ1n) is 6.17. The van der Waals surface area contributed by atoms with E-state index in [1.165, 1.54) is 0 Å². The highest BCUT2D eigenvalue weighted by atomic mass is 16.4. The fourth-order valence-electron chi connectivity index (χ4n) is 2.28. The normalized spacial score (nSPS) is 18.7. The first-order chi connectivity index (χ1) is 9.24. The van der Waals surface area contributed by atoms with Crippen LogP contribution in [-0.4, -0.2) is 39.1 Å². The van der Waals surface area contributed by atoms with Crippen LogP contribution in [0.3, 0.4) is 0 Å². The van der Waals surface area contributed by atoms with Crippen molar-refractivity contribution < 1.29 is 9.90 Å². The molecule has 2 aromatic heterocycles. The molecule has 2 N–H and O–H groups in total. The SMILES string of the molecule is O=C(O)C1CCN(c2ncc(-c3ccc[nH]3)cn2)C1. The molecular weight excluding hydrogens is 244 g/mol. The van der Waals surface area contributed by atoms with E-state index in [0.29, 0.717) is 25.5 Å². The maximum Gasteiger partial charge on any atom is 0.308 e. The van der Waals surface area contributed by atoms with Crippen molar-refractivity contribution in [3.05, 3.63) is 30.7 Å². The predicted octanol–water partition coefficient (Wildman–Crippen LogP) is 1.38. The molecule has 6 heteroatoms. The molecule has 1 atom stereocenters. The Morgan fingerprint density at radius 3 is 2.79 bits per heavy atom. The molecule has 1 fully saturated rings. The van der Waals surface area contributed by atoms with E-state index in [9.17, 15) is 4.79 Å². The van der Waals surface area contributed by atoms with Gasteiger partial charge in [0.05, 0.1) is 5.92 Å². The topological polar surface area (TPSA) is 82.1 Å². The monoisotopic (exact) mass is 258 g/mol. The maximum absolute atomic E-state index is 10.9. The standard InChI is InChI=1S/C13H14N4O2/c18-12(19)9-3-5-17(8-9)13-15-6-10(7-16-13)11-2-1-4-14-11/h1-2,4,6-7,9,14H,3,5,8H2,(H,18,19). The fourth-order valence-corrected chi connectivity index (χ4v) is 2.28. The molecule has 0 aliphatic carbocycles. The van der Waals surface area contributed by atoms with Crippen LogP contribution in [0.15, 0.2) is 30.7 Å². The third-order valence-corrected chi connectivity index (χ3v) is 3.37. The number of H-pyrrole nitrogens is 1. The molecule has 0 spiro atoms. The van der Waals surface area contributed by atoms with Gasteiger partial charge in [-0.3, -0.25) is 4.79 Å². The number of nitrogens with zero attached hydrogens (tertiary/aromatic N) is 3. The van der Waals surface area contributed by atoms with Gasteiger partial charge in [-0.25, -0.2) is 9.97 Å². The molecule has 3 heterocycles. The number of aromatic nitrogens is 3. The minimum Gasteiger partial charge on any atom is -0.481 e. The quantitative estimate of drug-likeness (QED) is 0.869. The smallest absolute Gasteiger partial charge is 0.308 e. The molecule has 1 aliphatic rings. The van der Waals surface area contributed by atoms with Gasteiger partial charge in [-0.2, -0.15) is 0 Å². The van der Waals surface area contributed by atoms with E-state index in [2.05, 4.69) is 15.0 Å². The van der Waals surface area contributed by atoms with Gasteiger partial charge in [0, 0.05) is 42.9 Å². The minimum atomic E-state index is -0.745. The van der Waals surface area contributed by atoms with Crippen LogP contribution < -0.4 is 4.90 Å². The Bertz CT molecular complexity index is 565. The number of anilines is 1. The summed E-state index contributed by atoms with van der Waals surface area (Å²) in [4.78, 5) is 24.5. The zero-order valence-corrected chi connectivity index (χ0v) is 10.3. The van der Waals surface area contributed by atoms with Crippen molar-refractivity contribution >= 4 is 11.9 Å². The number of hydrogen-bond acceptors (Lipinski definition) is 4. The van der Waals surface area contributed by atoms with Crippen molar-refractivity contribution in [3.63, 3.8) is 0 Å². The highest BCUT2D eigenvalue weighted by molar-refractivity contribution is 5.71. The minimum absolute atomic E-state index is 0.313. The molecule has 19 heavy (non-hydrogen) atoms. The summed E-state index contributed by atoms with van der Waals surface area (Å²) in [5.74, 6) is -0.462. The second-order valence-corrected chi connectivity index (χ2v) is 4.63. The molecule has 98 valence electrons. The van der Waals surface area contributed by atoms with E-state index >= 15 is 0 Å². The van der Waals surface area contributed by atoms with Gasteiger partial charge in [0.15, 0.2) is 0 Å². The van der Waals surface area contributed by atoms with Crippen molar-refractivity contribution in [2.45, 2.75) is 6.42 Å². The van der Waals surface area contributed by atoms with Crippen LogP contribution in [0.25, 0.3) is 11.3 Å². The number of rotatable bonds is 3. The Morgan fingerprint density at radius 2 is 2.21 bits per heavy atom. The van der Waals surface area contributed by atoms with Gasteiger partial charge in [-0.1, -0.05) is 0 Å². The number of aliphatic carboxylic acids is 1. The number of carboxylic acids is 1. The lowest BCUT2D eigenvalue weighted by molar-refractivity contribution is -0.140. The highest BCUT2D eigenvalue weighted by Gasteiger charge is 2.29. The molecule has 0 aromatic carbocycles. The Morgan fingerprint density at radius 1 is 1.42 bits per heavy atom. The van der Waals surface area contributed by atoms with Crippen molar-refractivity contribution in [3.8, 4) is 11.3 Å². The average molecular weight is 258 g/mol. The van der Waals surface area contributed by atoms with Crippen LogP contribution in [0, 0.1) is 5.92 Å². The van der Waals surface area contributed by atoms with E-state index in [1.807, 2.05) is 23.2 Å².